The molecule has 2 rings (SSSR count). The van der Waals surface area contributed by atoms with Gasteiger partial charge in [-0.3, -0.25) is 0 Å². The summed E-state index contributed by atoms with van der Waals surface area (Å²) >= 11 is 0. The van der Waals surface area contributed by atoms with Crippen molar-refractivity contribution in [2.75, 3.05) is 5.73 Å². The van der Waals surface area contributed by atoms with E-state index in [1.807, 2.05) is 0 Å². The second-order valence-corrected chi connectivity index (χ2v) is 4.70. The Balaban J connectivity index is 0.00000144. The third-order valence-electron chi connectivity index (χ3n) is 2.85. The fourth-order valence-electron chi connectivity index (χ4n) is 1.97. The maximum Gasteiger partial charge on any atom is 0.145 e. The molecule has 0 amide bonds. The van der Waals surface area contributed by atoms with Crippen LogP contribution in [-0.4, -0.2) is 14.5 Å². The van der Waals surface area contributed by atoms with Crippen molar-refractivity contribution in [2.24, 2.45) is 0 Å². The van der Waals surface area contributed by atoms with E-state index in [1.165, 1.54) is 11.9 Å². The number of rotatable bonds is 2. The van der Waals surface area contributed by atoms with Crippen LogP contribution in [0.1, 0.15) is 52.6 Å². The van der Waals surface area contributed by atoms with Crippen LogP contribution >= 0.6 is 0 Å². The zero-order chi connectivity index (χ0) is 11.9. The molecule has 0 aliphatic rings. The summed E-state index contributed by atoms with van der Waals surface area (Å²) in [5.41, 5.74) is 8.10. The van der Waals surface area contributed by atoms with E-state index in [4.69, 9.17) is 5.73 Å². The quantitative estimate of drug-likeness (QED) is 0.866. The van der Waals surface area contributed by atoms with E-state index >= 15 is 0 Å². The number of nitrogens with zero attached hydrogens (tertiary/aromatic N) is 3. The molecule has 17 heavy (non-hydrogen) atoms. The fraction of sp³-hybridized carbons (Fsp3) is 0.538. The minimum atomic E-state index is 0. The molecule has 0 saturated carbocycles. The molecule has 0 atom stereocenters. The summed E-state index contributed by atoms with van der Waals surface area (Å²) in [6.07, 6.45) is 3.67. The van der Waals surface area contributed by atoms with Crippen LogP contribution in [0.25, 0.3) is 11.0 Å². The molecule has 0 bridgehead atoms. The Bertz CT molecular complexity index is 511. The monoisotopic (exact) mass is 234 g/mol. The third kappa shape index (κ3) is 2.12. The van der Waals surface area contributed by atoms with E-state index in [2.05, 4.69) is 48.4 Å². The zero-order valence-electron chi connectivity index (χ0n) is 10.2. The lowest BCUT2D eigenvalue weighted by Crippen LogP contribution is -2.00. The van der Waals surface area contributed by atoms with E-state index in [0.29, 0.717) is 17.8 Å². The summed E-state index contributed by atoms with van der Waals surface area (Å²) < 4.78 is 2.16. The molecular weight excluding hydrogens is 212 g/mol. The largest absolute Gasteiger partial charge is 0.383 e. The van der Waals surface area contributed by atoms with Crippen LogP contribution in [0.3, 0.4) is 0 Å². The van der Waals surface area contributed by atoms with Gasteiger partial charge < -0.3 is 10.3 Å². The first-order valence-corrected chi connectivity index (χ1v) is 5.63. The number of nitrogens with two attached hydrogens (primary N) is 1. The van der Waals surface area contributed by atoms with Gasteiger partial charge in [-0.05, 0) is 25.3 Å². The van der Waals surface area contributed by atoms with Crippen molar-refractivity contribution in [3.8, 4) is 0 Å². The lowest BCUT2D eigenvalue weighted by molar-refractivity contribution is 0.614. The smallest absolute Gasteiger partial charge is 0.145 e. The molecule has 0 spiro atoms. The van der Waals surface area contributed by atoms with Crippen LogP contribution in [0.4, 0.5) is 5.82 Å². The van der Waals surface area contributed by atoms with Crippen molar-refractivity contribution in [3.63, 3.8) is 0 Å². The van der Waals surface area contributed by atoms with Crippen molar-refractivity contribution in [1.82, 2.24) is 14.5 Å². The van der Waals surface area contributed by atoms with Crippen molar-refractivity contribution in [2.45, 2.75) is 47.1 Å². The van der Waals surface area contributed by atoms with Crippen LogP contribution < -0.4 is 5.73 Å². The van der Waals surface area contributed by atoms with Gasteiger partial charge in [0.2, 0.25) is 0 Å². The second kappa shape index (κ2) is 4.73. The second-order valence-electron chi connectivity index (χ2n) is 4.70. The van der Waals surface area contributed by atoms with Gasteiger partial charge in [-0.2, -0.15) is 0 Å². The number of hydrogen-bond acceptors (Lipinski definition) is 3. The molecule has 0 fully saturated rings. The highest BCUT2D eigenvalue weighted by atomic mass is 15.1. The summed E-state index contributed by atoms with van der Waals surface area (Å²) in [4.78, 5) is 8.41. The topological polar surface area (TPSA) is 56.7 Å². The van der Waals surface area contributed by atoms with Gasteiger partial charge in [0, 0.05) is 12.2 Å². The Morgan fingerprint density at radius 2 is 1.82 bits per heavy atom. The Labute approximate surface area is 103 Å². The van der Waals surface area contributed by atoms with E-state index < -0.39 is 0 Å². The SMILES string of the molecule is C.CC(C)c1cn(C(C)C)c2ncnc(N)c12. The minimum Gasteiger partial charge on any atom is -0.383 e. The van der Waals surface area contributed by atoms with E-state index in [-0.39, 0.29) is 7.43 Å². The maximum absolute atomic E-state index is 5.94. The highest BCUT2D eigenvalue weighted by molar-refractivity contribution is 5.90. The first-order chi connectivity index (χ1) is 7.52. The average molecular weight is 234 g/mol. The van der Waals surface area contributed by atoms with Gasteiger partial charge in [0.15, 0.2) is 0 Å². The molecule has 2 aromatic rings. The number of nitrogen functional groups attached to an aromatic ring is 1. The standard InChI is InChI=1S/C12H18N4.CH4/c1-7(2)9-5-16(8(3)4)12-10(9)11(13)14-6-15-12;/h5-8H,1-4H3,(H2,13,14,15);1H4. The molecule has 0 aromatic carbocycles. The number of aromatic nitrogens is 3. The molecule has 2 aromatic heterocycles. The summed E-state index contributed by atoms with van der Waals surface area (Å²) in [5, 5.41) is 1.01. The average Bonchev–Trinajstić information content (AvgIpc) is 2.58. The van der Waals surface area contributed by atoms with Crippen LogP contribution in [0.15, 0.2) is 12.5 Å². The number of hydrogen-bond donors (Lipinski definition) is 1. The number of anilines is 1. The Morgan fingerprint density at radius 3 is 2.35 bits per heavy atom. The van der Waals surface area contributed by atoms with Gasteiger partial charge >= 0.3 is 0 Å². The highest BCUT2D eigenvalue weighted by Crippen LogP contribution is 2.31. The lowest BCUT2D eigenvalue weighted by atomic mass is 10.0. The van der Waals surface area contributed by atoms with E-state index in [0.717, 1.165) is 11.0 Å². The van der Waals surface area contributed by atoms with Crippen molar-refractivity contribution in [1.29, 1.82) is 0 Å². The molecule has 4 heteroatoms. The van der Waals surface area contributed by atoms with Gasteiger partial charge in [-0.1, -0.05) is 21.3 Å². The first kappa shape index (κ1) is 13.5. The molecular formula is C13H22N4. The predicted molar refractivity (Wildman–Crippen MR) is 73.1 cm³/mol. The van der Waals surface area contributed by atoms with Gasteiger partial charge in [0.05, 0.1) is 5.39 Å². The van der Waals surface area contributed by atoms with Gasteiger partial charge in [-0.15, -0.1) is 0 Å². The molecule has 2 heterocycles. The van der Waals surface area contributed by atoms with Crippen LogP contribution in [0, 0.1) is 0 Å². The number of fused-ring (bicyclic) bond motifs is 1. The van der Waals surface area contributed by atoms with E-state index in [1.54, 1.807) is 0 Å². The summed E-state index contributed by atoms with van der Waals surface area (Å²) in [6, 6.07) is 0.379. The van der Waals surface area contributed by atoms with Crippen LogP contribution in [-0.2, 0) is 0 Å². The summed E-state index contributed by atoms with van der Waals surface area (Å²) in [7, 11) is 0. The van der Waals surface area contributed by atoms with Gasteiger partial charge in [0.1, 0.15) is 17.8 Å². The molecule has 0 saturated heterocycles. The van der Waals surface area contributed by atoms with Crippen molar-refractivity contribution >= 4 is 16.9 Å². The summed E-state index contributed by atoms with van der Waals surface area (Å²) in [5.74, 6) is 1.00. The van der Waals surface area contributed by atoms with Crippen molar-refractivity contribution in [3.05, 3.63) is 18.1 Å². The van der Waals surface area contributed by atoms with Gasteiger partial charge in [-0.25, -0.2) is 9.97 Å². The first-order valence-electron chi connectivity index (χ1n) is 5.63. The predicted octanol–water partition coefficient (Wildman–Crippen LogP) is 3.35. The molecule has 0 radical (unpaired) electrons. The molecule has 2 N–H and O–H groups in total. The lowest BCUT2D eigenvalue weighted by Gasteiger charge is -2.07. The Morgan fingerprint density at radius 1 is 1.18 bits per heavy atom. The molecule has 4 nitrogen and oxygen atoms in total. The highest BCUT2D eigenvalue weighted by Gasteiger charge is 2.16. The Hall–Kier alpha value is -1.58. The summed E-state index contributed by atoms with van der Waals surface area (Å²) in [6.45, 7) is 8.60. The molecule has 0 unspecified atom stereocenters. The fourth-order valence-corrected chi connectivity index (χ4v) is 1.97. The third-order valence-corrected chi connectivity index (χ3v) is 2.85. The Kier molecular flexibility index (Phi) is 3.76. The van der Waals surface area contributed by atoms with Crippen LogP contribution in [0.5, 0.6) is 0 Å². The van der Waals surface area contributed by atoms with Crippen molar-refractivity contribution < 1.29 is 0 Å². The molecule has 0 aliphatic carbocycles. The molecule has 0 aliphatic heterocycles. The zero-order valence-corrected chi connectivity index (χ0v) is 10.2. The molecule has 94 valence electrons. The van der Waals surface area contributed by atoms with E-state index in [9.17, 15) is 0 Å². The van der Waals surface area contributed by atoms with Gasteiger partial charge in [0.25, 0.3) is 0 Å². The normalized spacial score (nSPS) is 11.2. The van der Waals surface area contributed by atoms with Crippen LogP contribution in [0.2, 0.25) is 0 Å². The minimum absolute atomic E-state index is 0. The maximum atomic E-state index is 5.94.